The standard InChI is InChI=1S/C20H31N5O2/c1-5-20(3,4)24-13-11-23(12-14-24)19(27)22-16-7-6-8-17(15(16)2)25-10-9-21-18(25)26/h6-8H,5,9-14H2,1-4H3,(H,21,26)(H,22,27). The highest BCUT2D eigenvalue weighted by molar-refractivity contribution is 5.97. The molecule has 0 atom stereocenters. The number of piperazine rings is 1. The fourth-order valence-electron chi connectivity index (χ4n) is 3.69. The number of rotatable bonds is 4. The van der Waals surface area contributed by atoms with Crippen LogP contribution in [-0.4, -0.2) is 66.7 Å². The summed E-state index contributed by atoms with van der Waals surface area (Å²) in [5.41, 5.74) is 2.68. The number of hydrogen-bond donors (Lipinski definition) is 2. The minimum absolute atomic E-state index is 0.0740. The number of carbonyl (C=O) groups is 2. The summed E-state index contributed by atoms with van der Waals surface area (Å²) in [5, 5.41) is 5.85. The van der Waals surface area contributed by atoms with Crippen LogP contribution in [0.4, 0.5) is 21.0 Å². The van der Waals surface area contributed by atoms with Gasteiger partial charge < -0.3 is 15.5 Å². The maximum absolute atomic E-state index is 12.7. The lowest BCUT2D eigenvalue weighted by Gasteiger charge is -2.43. The Hall–Kier alpha value is -2.28. The van der Waals surface area contributed by atoms with E-state index in [2.05, 4.69) is 36.3 Å². The van der Waals surface area contributed by atoms with Crippen LogP contribution in [-0.2, 0) is 0 Å². The Bertz CT molecular complexity index is 710. The zero-order valence-corrected chi connectivity index (χ0v) is 16.8. The first kappa shape index (κ1) is 19.5. The largest absolute Gasteiger partial charge is 0.336 e. The second kappa shape index (κ2) is 7.76. The summed E-state index contributed by atoms with van der Waals surface area (Å²) < 4.78 is 0. The van der Waals surface area contributed by atoms with Crippen LogP contribution in [0, 0.1) is 6.92 Å². The van der Waals surface area contributed by atoms with Gasteiger partial charge >= 0.3 is 12.1 Å². The van der Waals surface area contributed by atoms with Crippen LogP contribution < -0.4 is 15.5 Å². The third kappa shape index (κ3) is 4.03. The lowest BCUT2D eigenvalue weighted by atomic mass is 9.98. The number of benzene rings is 1. The van der Waals surface area contributed by atoms with Gasteiger partial charge in [0, 0.05) is 50.5 Å². The summed E-state index contributed by atoms with van der Waals surface area (Å²) in [4.78, 5) is 30.7. The summed E-state index contributed by atoms with van der Waals surface area (Å²) in [7, 11) is 0. The first-order valence-electron chi connectivity index (χ1n) is 9.79. The Kier molecular flexibility index (Phi) is 5.60. The molecule has 2 N–H and O–H groups in total. The molecule has 0 radical (unpaired) electrons. The molecule has 2 saturated heterocycles. The van der Waals surface area contributed by atoms with Gasteiger partial charge in [0.1, 0.15) is 0 Å². The van der Waals surface area contributed by atoms with Crippen molar-refractivity contribution in [3.8, 4) is 0 Å². The monoisotopic (exact) mass is 373 g/mol. The summed E-state index contributed by atoms with van der Waals surface area (Å²) >= 11 is 0. The zero-order chi connectivity index (χ0) is 19.6. The van der Waals surface area contributed by atoms with Crippen LogP contribution in [0.5, 0.6) is 0 Å². The first-order chi connectivity index (χ1) is 12.8. The first-order valence-corrected chi connectivity index (χ1v) is 9.79. The van der Waals surface area contributed by atoms with Gasteiger partial charge in [-0.1, -0.05) is 13.0 Å². The predicted octanol–water partition coefficient (Wildman–Crippen LogP) is 2.86. The molecule has 2 fully saturated rings. The van der Waals surface area contributed by atoms with Gasteiger partial charge in [0.05, 0.1) is 5.69 Å². The van der Waals surface area contributed by atoms with Gasteiger partial charge in [-0.3, -0.25) is 9.80 Å². The van der Waals surface area contributed by atoms with E-state index in [-0.39, 0.29) is 17.6 Å². The Labute approximate surface area is 161 Å². The molecular weight excluding hydrogens is 342 g/mol. The maximum Gasteiger partial charge on any atom is 0.322 e. The van der Waals surface area contributed by atoms with Crippen molar-refractivity contribution in [2.45, 2.75) is 39.7 Å². The minimum Gasteiger partial charge on any atom is -0.336 e. The minimum atomic E-state index is -0.0868. The van der Waals surface area contributed by atoms with Gasteiger partial charge in [-0.15, -0.1) is 0 Å². The van der Waals surface area contributed by atoms with Crippen LogP contribution in [0.15, 0.2) is 18.2 Å². The van der Waals surface area contributed by atoms with Crippen molar-refractivity contribution >= 4 is 23.4 Å². The average molecular weight is 374 g/mol. The van der Waals surface area contributed by atoms with Crippen molar-refractivity contribution in [3.63, 3.8) is 0 Å². The van der Waals surface area contributed by atoms with Crippen LogP contribution in [0.1, 0.15) is 32.8 Å². The number of nitrogens with zero attached hydrogens (tertiary/aromatic N) is 3. The molecule has 2 aliphatic heterocycles. The molecule has 4 amide bonds. The lowest BCUT2D eigenvalue weighted by Crippen LogP contribution is -2.56. The van der Waals surface area contributed by atoms with E-state index in [1.807, 2.05) is 30.0 Å². The molecule has 1 aromatic rings. The topological polar surface area (TPSA) is 67.9 Å². The van der Waals surface area contributed by atoms with Gasteiger partial charge in [0.25, 0.3) is 0 Å². The molecule has 7 nitrogen and oxygen atoms in total. The second-order valence-corrected chi connectivity index (χ2v) is 7.90. The summed E-state index contributed by atoms with van der Waals surface area (Å²) in [6, 6.07) is 5.53. The average Bonchev–Trinajstić information content (AvgIpc) is 3.09. The van der Waals surface area contributed by atoms with Crippen LogP contribution in [0.2, 0.25) is 0 Å². The maximum atomic E-state index is 12.7. The van der Waals surface area contributed by atoms with Crippen molar-refractivity contribution in [2.75, 3.05) is 49.5 Å². The highest BCUT2D eigenvalue weighted by atomic mass is 16.2. The summed E-state index contributed by atoms with van der Waals surface area (Å²) in [6.07, 6.45) is 1.09. The fraction of sp³-hybridized carbons (Fsp3) is 0.600. The molecule has 0 bridgehead atoms. The quantitative estimate of drug-likeness (QED) is 0.853. The van der Waals surface area contributed by atoms with E-state index in [4.69, 9.17) is 0 Å². The van der Waals surface area contributed by atoms with Crippen LogP contribution in [0.25, 0.3) is 0 Å². The third-order valence-corrected chi connectivity index (χ3v) is 5.98. The number of nitrogens with one attached hydrogen (secondary N) is 2. The molecule has 0 aromatic heterocycles. The van der Waals surface area contributed by atoms with E-state index in [1.54, 1.807) is 4.90 Å². The second-order valence-electron chi connectivity index (χ2n) is 7.90. The van der Waals surface area contributed by atoms with Crippen molar-refractivity contribution in [1.29, 1.82) is 0 Å². The van der Waals surface area contributed by atoms with Gasteiger partial charge in [-0.05, 0) is 44.9 Å². The van der Waals surface area contributed by atoms with E-state index in [0.717, 1.165) is 49.5 Å². The molecule has 0 aliphatic carbocycles. The SMILES string of the molecule is CCC(C)(C)N1CCN(C(=O)Nc2cccc(N3CCNC3=O)c2C)CC1. The van der Waals surface area contributed by atoms with E-state index in [1.165, 1.54) is 0 Å². The van der Waals surface area contributed by atoms with Crippen molar-refractivity contribution in [1.82, 2.24) is 15.1 Å². The van der Waals surface area contributed by atoms with E-state index < -0.39 is 0 Å². The van der Waals surface area contributed by atoms with Crippen molar-refractivity contribution < 1.29 is 9.59 Å². The molecule has 27 heavy (non-hydrogen) atoms. The molecular formula is C20H31N5O2. The number of carbonyl (C=O) groups excluding carboxylic acids is 2. The highest BCUT2D eigenvalue weighted by Crippen LogP contribution is 2.28. The highest BCUT2D eigenvalue weighted by Gasteiger charge is 2.30. The fourth-order valence-corrected chi connectivity index (χ4v) is 3.69. The molecule has 2 aliphatic rings. The summed E-state index contributed by atoms with van der Waals surface area (Å²) in [6.45, 7) is 13.2. The number of urea groups is 2. The molecule has 2 heterocycles. The van der Waals surface area contributed by atoms with Gasteiger partial charge in [-0.2, -0.15) is 0 Å². The lowest BCUT2D eigenvalue weighted by molar-refractivity contribution is 0.0640. The Morgan fingerprint density at radius 3 is 2.48 bits per heavy atom. The Balaban J connectivity index is 1.64. The normalized spacial score (nSPS) is 18.6. The molecule has 0 spiro atoms. The van der Waals surface area contributed by atoms with Crippen molar-refractivity contribution in [2.24, 2.45) is 0 Å². The predicted molar refractivity (Wildman–Crippen MR) is 108 cm³/mol. The van der Waals surface area contributed by atoms with Crippen molar-refractivity contribution in [3.05, 3.63) is 23.8 Å². The Morgan fingerprint density at radius 2 is 1.89 bits per heavy atom. The van der Waals surface area contributed by atoms with Gasteiger partial charge in [-0.25, -0.2) is 9.59 Å². The number of hydrogen-bond acceptors (Lipinski definition) is 3. The van der Waals surface area contributed by atoms with E-state index in [9.17, 15) is 9.59 Å². The smallest absolute Gasteiger partial charge is 0.322 e. The van der Waals surface area contributed by atoms with Crippen LogP contribution in [0.3, 0.4) is 0 Å². The summed E-state index contributed by atoms with van der Waals surface area (Å²) in [5.74, 6) is 0. The van der Waals surface area contributed by atoms with Gasteiger partial charge in [0.15, 0.2) is 0 Å². The molecule has 7 heteroatoms. The van der Waals surface area contributed by atoms with E-state index in [0.29, 0.717) is 13.1 Å². The van der Waals surface area contributed by atoms with E-state index >= 15 is 0 Å². The molecule has 0 unspecified atom stereocenters. The molecule has 0 saturated carbocycles. The molecule has 1 aromatic carbocycles. The van der Waals surface area contributed by atoms with Crippen LogP contribution >= 0.6 is 0 Å². The zero-order valence-electron chi connectivity index (χ0n) is 16.8. The molecule has 3 rings (SSSR count). The van der Waals surface area contributed by atoms with Gasteiger partial charge in [0.2, 0.25) is 0 Å². The molecule has 148 valence electrons. The number of amides is 4. The number of anilines is 2. The Morgan fingerprint density at radius 1 is 1.19 bits per heavy atom. The third-order valence-electron chi connectivity index (χ3n) is 5.98.